The second-order valence-corrected chi connectivity index (χ2v) is 5.12. The number of nitrogens with zero attached hydrogens (tertiary/aromatic N) is 2. The fraction of sp³-hybridized carbons (Fsp3) is 0.214. The highest BCUT2D eigenvalue weighted by molar-refractivity contribution is 7.80. The van der Waals surface area contributed by atoms with E-state index < -0.39 is 17.7 Å². The number of rotatable bonds is 2. The first-order valence-corrected chi connectivity index (χ1v) is 6.54. The minimum absolute atomic E-state index is 0.0693. The van der Waals surface area contributed by atoms with Crippen molar-refractivity contribution in [2.75, 3.05) is 0 Å². The Morgan fingerprint density at radius 1 is 1.18 bits per heavy atom. The van der Waals surface area contributed by atoms with Gasteiger partial charge in [0.05, 0.1) is 0 Å². The first kappa shape index (κ1) is 16.3. The Hall–Kier alpha value is -2.09. The van der Waals surface area contributed by atoms with Gasteiger partial charge in [-0.3, -0.25) is 0 Å². The van der Waals surface area contributed by atoms with E-state index in [0.717, 1.165) is 12.1 Å². The molecule has 0 radical (unpaired) electrons. The smallest absolute Gasteiger partial charge is 0.387 e. The Kier molecular flexibility index (Phi) is 4.15. The van der Waals surface area contributed by atoms with Gasteiger partial charge in [0.1, 0.15) is 10.8 Å². The van der Waals surface area contributed by atoms with Gasteiger partial charge in [0.25, 0.3) is 0 Å². The van der Waals surface area contributed by atoms with E-state index in [1.807, 2.05) is 0 Å². The SMILES string of the molecule is Cc1cc(F)ccc1-c1c(C)nc(C(N)=S)nc1C(F)(F)F. The predicted molar refractivity (Wildman–Crippen MR) is 77.8 cm³/mol. The number of nitrogens with two attached hydrogens (primary N) is 1. The molecule has 1 aromatic carbocycles. The van der Waals surface area contributed by atoms with E-state index in [1.54, 1.807) is 0 Å². The standard InChI is InChI=1S/C14H11F4N3S/c1-6-5-8(15)3-4-9(6)10-7(2)20-13(12(19)22)21-11(10)14(16,17)18/h3-5H,1-2H3,(H2,19,22). The van der Waals surface area contributed by atoms with Crippen molar-refractivity contribution in [3.63, 3.8) is 0 Å². The van der Waals surface area contributed by atoms with Gasteiger partial charge in [-0.25, -0.2) is 14.4 Å². The van der Waals surface area contributed by atoms with Gasteiger partial charge in [0.2, 0.25) is 0 Å². The number of hydrogen-bond donors (Lipinski definition) is 1. The molecule has 0 fully saturated rings. The first-order valence-electron chi connectivity index (χ1n) is 6.13. The molecule has 1 aromatic heterocycles. The van der Waals surface area contributed by atoms with Crippen molar-refractivity contribution in [1.29, 1.82) is 0 Å². The molecule has 8 heteroatoms. The number of hydrogen-bond acceptors (Lipinski definition) is 3. The van der Waals surface area contributed by atoms with Gasteiger partial charge in [0.15, 0.2) is 11.5 Å². The Morgan fingerprint density at radius 2 is 1.82 bits per heavy atom. The maximum atomic E-state index is 13.3. The van der Waals surface area contributed by atoms with Crippen LogP contribution in [0.25, 0.3) is 11.1 Å². The summed E-state index contributed by atoms with van der Waals surface area (Å²) in [6.07, 6.45) is -4.72. The van der Waals surface area contributed by atoms with Crippen LogP contribution in [0.4, 0.5) is 17.6 Å². The van der Waals surface area contributed by atoms with Crippen LogP contribution in [0.2, 0.25) is 0 Å². The summed E-state index contributed by atoms with van der Waals surface area (Å²) in [5, 5.41) is 0. The van der Waals surface area contributed by atoms with Crippen molar-refractivity contribution < 1.29 is 17.6 Å². The summed E-state index contributed by atoms with van der Waals surface area (Å²) in [6, 6.07) is 3.51. The lowest BCUT2D eigenvalue weighted by Gasteiger charge is -2.17. The van der Waals surface area contributed by atoms with E-state index >= 15 is 0 Å². The molecule has 0 atom stereocenters. The van der Waals surface area contributed by atoms with Crippen LogP contribution >= 0.6 is 12.2 Å². The van der Waals surface area contributed by atoms with Crippen LogP contribution in [-0.2, 0) is 6.18 Å². The highest BCUT2D eigenvalue weighted by atomic mass is 32.1. The van der Waals surface area contributed by atoms with Crippen molar-refractivity contribution in [2.45, 2.75) is 20.0 Å². The molecule has 116 valence electrons. The van der Waals surface area contributed by atoms with Crippen LogP contribution in [0.5, 0.6) is 0 Å². The zero-order valence-corrected chi connectivity index (χ0v) is 12.4. The monoisotopic (exact) mass is 329 g/mol. The molecule has 0 saturated heterocycles. The lowest BCUT2D eigenvalue weighted by Crippen LogP contribution is -2.20. The zero-order valence-electron chi connectivity index (χ0n) is 11.6. The number of aromatic nitrogens is 2. The number of thiocarbonyl (C=S) groups is 1. The van der Waals surface area contributed by atoms with E-state index in [9.17, 15) is 17.6 Å². The highest BCUT2D eigenvalue weighted by Crippen LogP contribution is 2.38. The first-order chi connectivity index (χ1) is 10.1. The van der Waals surface area contributed by atoms with E-state index in [0.29, 0.717) is 5.56 Å². The molecule has 2 rings (SSSR count). The Balaban J connectivity index is 2.82. The molecule has 0 aliphatic heterocycles. The van der Waals surface area contributed by atoms with Crippen LogP contribution < -0.4 is 5.73 Å². The molecule has 0 amide bonds. The lowest BCUT2D eigenvalue weighted by atomic mass is 9.97. The van der Waals surface area contributed by atoms with Crippen LogP contribution in [-0.4, -0.2) is 15.0 Å². The summed E-state index contributed by atoms with van der Waals surface area (Å²) in [4.78, 5) is 7.04. The quantitative estimate of drug-likeness (QED) is 0.676. The molecule has 0 unspecified atom stereocenters. The Bertz CT molecular complexity index is 756. The van der Waals surface area contributed by atoms with Crippen LogP contribution in [0.1, 0.15) is 22.8 Å². The van der Waals surface area contributed by atoms with Crippen LogP contribution in [0.15, 0.2) is 18.2 Å². The van der Waals surface area contributed by atoms with Gasteiger partial charge in [-0.05, 0) is 37.1 Å². The van der Waals surface area contributed by atoms with Crippen LogP contribution in [0.3, 0.4) is 0 Å². The number of aryl methyl sites for hydroxylation is 2. The average Bonchev–Trinajstić information content (AvgIpc) is 2.37. The van der Waals surface area contributed by atoms with E-state index in [4.69, 9.17) is 5.73 Å². The Labute approximate surface area is 129 Å². The van der Waals surface area contributed by atoms with Crippen molar-refractivity contribution in [3.8, 4) is 11.1 Å². The number of halogens is 4. The normalized spacial score (nSPS) is 11.5. The molecule has 2 N–H and O–H groups in total. The maximum Gasteiger partial charge on any atom is 0.434 e. The molecule has 3 nitrogen and oxygen atoms in total. The minimum atomic E-state index is -4.72. The number of alkyl halides is 3. The molecular weight excluding hydrogens is 318 g/mol. The third-order valence-electron chi connectivity index (χ3n) is 3.04. The van der Waals surface area contributed by atoms with Gasteiger partial charge < -0.3 is 5.73 Å². The summed E-state index contributed by atoms with van der Waals surface area (Å²) < 4.78 is 53.1. The Morgan fingerprint density at radius 3 is 2.32 bits per heavy atom. The molecule has 2 aromatic rings. The summed E-state index contributed by atoms with van der Waals surface area (Å²) in [7, 11) is 0. The average molecular weight is 329 g/mol. The summed E-state index contributed by atoms with van der Waals surface area (Å²) >= 11 is 4.64. The van der Waals surface area contributed by atoms with Crippen molar-refractivity contribution in [3.05, 3.63) is 46.8 Å². The van der Waals surface area contributed by atoms with Crippen molar-refractivity contribution in [2.24, 2.45) is 5.73 Å². The van der Waals surface area contributed by atoms with E-state index in [2.05, 4.69) is 22.2 Å². The molecule has 0 aliphatic carbocycles. The molecule has 0 bridgehead atoms. The summed E-state index contributed by atoms with van der Waals surface area (Å²) in [5.41, 5.74) is 4.60. The van der Waals surface area contributed by atoms with E-state index in [-0.39, 0.29) is 27.6 Å². The lowest BCUT2D eigenvalue weighted by molar-refractivity contribution is -0.140. The third-order valence-corrected chi connectivity index (χ3v) is 3.22. The minimum Gasteiger partial charge on any atom is -0.387 e. The van der Waals surface area contributed by atoms with Gasteiger partial charge in [-0.2, -0.15) is 13.2 Å². The second kappa shape index (κ2) is 5.60. The largest absolute Gasteiger partial charge is 0.434 e. The molecule has 0 spiro atoms. The van der Waals surface area contributed by atoms with Gasteiger partial charge in [-0.1, -0.05) is 18.3 Å². The van der Waals surface area contributed by atoms with Crippen LogP contribution in [0, 0.1) is 19.7 Å². The molecule has 22 heavy (non-hydrogen) atoms. The fourth-order valence-electron chi connectivity index (χ4n) is 2.12. The predicted octanol–water partition coefficient (Wildman–Crippen LogP) is 3.55. The third kappa shape index (κ3) is 3.06. The zero-order chi connectivity index (χ0) is 16.7. The molecule has 0 saturated carbocycles. The van der Waals surface area contributed by atoms with Gasteiger partial charge in [-0.15, -0.1) is 0 Å². The molecular formula is C14H11F4N3S. The fourth-order valence-corrected chi connectivity index (χ4v) is 2.21. The molecule has 1 heterocycles. The highest BCUT2D eigenvalue weighted by Gasteiger charge is 2.38. The number of benzene rings is 1. The topological polar surface area (TPSA) is 51.8 Å². The van der Waals surface area contributed by atoms with Crippen molar-refractivity contribution in [1.82, 2.24) is 9.97 Å². The summed E-state index contributed by atoms with van der Waals surface area (Å²) in [5.74, 6) is -0.878. The second-order valence-electron chi connectivity index (χ2n) is 4.68. The van der Waals surface area contributed by atoms with E-state index in [1.165, 1.54) is 19.9 Å². The van der Waals surface area contributed by atoms with Gasteiger partial charge >= 0.3 is 6.18 Å². The molecule has 0 aliphatic rings. The van der Waals surface area contributed by atoms with Gasteiger partial charge in [0, 0.05) is 11.3 Å². The van der Waals surface area contributed by atoms with Crippen molar-refractivity contribution >= 4 is 17.2 Å². The summed E-state index contributed by atoms with van der Waals surface area (Å²) in [6.45, 7) is 2.91. The maximum absolute atomic E-state index is 13.3.